The van der Waals surface area contributed by atoms with Crippen LogP contribution < -0.4 is 0 Å². The van der Waals surface area contributed by atoms with E-state index >= 15 is 0 Å². The van der Waals surface area contributed by atoms with E-state index in [4.69, 9.17) is 0 Å². The van der Waals surface area contributed by atoms with Crippen molar-refractivity contribution in [1.29, 1.82) is 0 Å². The second-order valence-electron chi connectivity index (χ2n) is 2.58. The lowest BCUT2D eigenvalue weighted by molar-refractivity contribution is -0.141. The molecule has 0 aromatic carbocycles. The molecule has 0 N–H and O–H groups in total. The zero-order valence-corrected chi connectivity index (χ0v) is 9.40. The standard InChI is InChI=1S/C8H12N4O2S/c1-3-4-5-15-8-9-10-11-12(8)6-7(13)14-2/h3-4H,5-6H2,1-2H3. The number of allylic oxidation sites excluding steroid dienone is 1. The minimum atomic E-state index is -0.366. The summed E-state index contributed by atoms with van der Waals surface area (Å²) in [6.45, 7) is 1.99. The van der Waals surface area contributed by atoms with Crippen molar-refractivity contribution in [3.63, 3.8) is 0 Å². The van der Waals surface area contributed by atoms with Gasteiger partial charge in [0, 0.05) is 5.75 Å². The molecule has 1 aromatic rings. The molecule has 0 saturated carbocycles. The first-order chi connectivity index (χ1) is 7.27. The summed E-state index contributed by atoms with van der Waals surface area (Å²) in [5.74, 6) is 0.410. The molecule has 6 nitrogen and oxygen atoms in total. The molecular formula is C8H12N4O2S. The van der Waals surface area contributed by atoms with E-state index < -0.39 is 0 Å². The Labute approximate surface area is 91.7 Å². The second kappa shape index (κ2) is 6.18. The van der Waals surface area contributed by atoms with Gasteiger partial charge in [0.2, 0.25) is 5.16 Å². The van der Waals surface area contributed by atoms with E-state index in [0.29, 0.717) is 5.16 Å². The van der Waals surface area contributed by atoms with E-state index in [1.807, 2.05) is 19.1 Å². The Morgan fingerprint density at radius 1 is 1.67 bits per heavy atom. The van der Waals surface area contributed by atoms with E-state index in [2.05, 4.69) is 20.3 Å². The van der Waals surface area contributed by atoms with Crippen molar-refractivity contribution >= 4 is 17.7 Å². The van der Waals surface area contributed by atoms with Gasteiger partial charge in [-0.2, -0.15) is 0 Å². The molecule has 0 aliphatic carbocycles. The molecule has 82 valence electrons. The van der Waals surface area contributed by atoms with E-state index in [-0.39, 0.29) is 12.5 Å². The summed E-state index contributed by atoms with van der Waals surface area (Å²) < 4.78 is 5.94. The van der Waals surface area contributed by atoms with Crippen LogP contribution in [0.2, 0.25) is 0 Å². The maximum atomic E-state index is 11.0. The molecule has 0 radical (unpaired) electrons. The van der Waals surface area contributed by atoms with Crippen LogP contribution in [0.4, 0.5) is 0 Å². The lowest BCUT2D eigenvalue weighted by Gasteiger charge is -2.00. The molecular weight excluding hydrogens is 216 g/mol. The van der Waals surface area contributed by atoms with Crippen LogP contribution in [0.1, 0.15) is 6.92 Å². The van der Waals surface area contributed by atoms with Gasteiger partial charge in [-0.3, -0.25) is 4.79 Å². The lowest BCUT2D eigenvalue weighted by atomic mass is 10.6. The van der Waals surface area contributed by atoms with Gasteiger partial charge in [0.1, 0.15) is 6.54 Å². The number of hydrogen-bond donors (Lipinski definition) is 0. The van der Waals surface area contributed by atoms with Gasteiger partial charge in [-0.05, 0) is 17.4 Å². The molecule has 0 spiro atoms. The first kappa shape index (κ1) is 11.7. The zero-order chi connectivity index (χ0) is 11.1. The number of rotatable bonds is 5. The predicted octanol–water partition coefficient (Wildman–Crippen LogP) is 0.514. The average Bonchev–Trinajstić information content (AvgIpc) is 2.66. The third kappa shape index (κ3) is 3.70. The minimum Gasteiger partial charge on any atom is -0.468 e. The highest BCUT2D eigenvalue weighted by Gasteiger charge is 2.09. The summed E-state index contributed by atoms with van der Waals surface area (Å²) in [7, 11) is 1.33. The number of esters is 1. The lowest BCUT2D eigenvalue weighted by Crippen LogP contribution is -2.13. The van der Waals surface area contributed by atoms with Crippen LogP contribution in [0, 0.1) is 0 Å². The molecule has 0 atom stereocenters. The third-order valence-corrected chi connectivity index (χ3v) is 2.46. The normalized spacial score (nSPS) is 10.8. The summed E-state index contributed by atoms with van der Waals surface area (Å²) in [5, 5.41) is 11.6. The number of tetrazole rings is 1. The van der Waals surface area contributed by atoms with Crippen LogP contribution in [0.25, 0.3) is 0 Å². The molecule has 1 rings (SSSR count). The maximum absolute atomic E-state index is 11.0. The Morgan fingerprint density at radius 2 is 2.47 bits per heavy atom. The number of thioether (sulfide) groups is 1. The van der Waals surface area contributed by atoms with Crippen molar-refractivity contribution in [2.45, 2.75) is 18.6 Å². The number of carbonyl (C=O) groups is 1. The second-order valence-corrected chi connectivity index (χ2v) is 3.56. The zero-order valence-electron chi connectivity index (χ0n) is 8.58. The monoisotopic (exact) mass is 228 g/mol. The van der Waals surface area contributed by atoms with Crippen LogP contribution >= 0.6 is 11.8 Å². The summed E-state index contributed by atoms with van der Waals surface area (Å²) in [6, 6.07) is 0. The van der Waals surface area contributed by atoms with E-state index in [9.17, 15) is 4.79 Å². The fourth-order valence-corrected chi connectivity index (χ4v) is 1.59. The van der Waals surface area contributed by atoms with Gasteiger partial charge in [-0.25, -0.2) is 4.68 Å². The highest BCUT2D eigenvalue weighted by molar-refractivity contribution is 7.99. The number of hydrogen-bond acceptors (Lipinski definition) is 6. The smallest absolute Gasteiger partial charge is 0.327 e. The quantitative estimate of drug-likeness (QED) is 0.415. The van der Waals surface area contributed by atoms with E-state index in [0.717, 1.165) is 5.75 Å². The van der Waals surface area contributed by atoms with Gasteiger partial charge in [-0.1, -0.05) is 23.9 Å². The summed E-state index contributed by atoms with van der Waals surface area (Å²) in [5.41, 5.74) is 0. The fraction of sp³-hybridized carbons (Fsp3) is 0.500. The van der Waals surface area contributed by atoms with Gasteiger partial charge in [-0.15, -0.1) is 5.10 Å². The average molecular weight is 228 g/mol. The van der Waals surface area contributed by atoms with Gasteiger partial charge in [0.25, 0.3) is 0 Å². The first-order valence-electron chi connectivity index (χ1n) is 4.35. The summed E-state index contributed by atoms with van der Waals surface area (Å²) in [4.78, 5) is 11.0. The van der Waals surface area contributed by atoms with Crippen molar-refractivity contribution in [2.24, 2.45) is 0 Å². The molecule has 0 amide bonds. The highest BCUT2D eigenvalue weighted by atomic mass is 32.2. The van der Waals surface area contributed by atoms with Gasteiger partial charge in [0.05, 0.1) is 7.11 Å². The molecule has 0 aliphatic rings. The van der Waals surface area contributed by atoms with E-state index in [1.54, 1.807) is 0 Å². The van der Waals surface area contributed by atoms with Crippen LogP contribution in [-0.2, 0) is 16.1 Å². The number of methoxy groups -OCH3 is 1. The van der Waals surface area contributed by atoms with Crippen LogP contribution in [0.5, 0.6) is 0 Å². The molecule has 0 unspecified atom stereocenters. The van der Waals surface area contributed by atoms with Crippen LogP contribution in [-0.4, -0.2) is 39.0 Å². The van der Waals surface area contributed by atoms with Gasteiger partial charge >= 0.3 is 5.97 Å². The van der Waals surface area contributed by atoms with Gasteiger partial charge in [0.15, 0.2) is 0 Å². The number of nitrogens with zero attached hydrogens (tertiary/aromatic N) is 4. The van der Waals surface area contributed by atoms with Crippen LogP contribution in [0.15, 0.2) is 17.3 Å². The topological polar surface area (TPSA) is 69.9 Å². The number of carbonyl (C=O) groups excluding carboxylic acids is 1. The van der Waals surface area contributed by atoms with Crippen LogP contribution in [0.3, 0.4) is 0 Å². The molecule has 15 heavy (non-hydrogen) atoms. The summed E-state index contributed by atoms with van der Waals surface area (Å²) in [6.07, 6.45) is 3.93. The Balaban J connectivity index is 2.56. The van der Waals surface area contributed by atoms with Gasteiger partial charge < -0.3 is 4.74 Å². The maximum Gasteiger partial charge on any atom is 0.327 e. The third-order valence-electron chi connectivity index (χ3n) is 1.55. The molecule has 1 aromatic heterocycles. The fourth-order valence-electron chi connectivity index (χ4n) is 0.805. The number of aromatic nitrogens is 4. The molecule has 7 heteroatoms. The SMILES string of the molecule is CC=CCSc1nnnn1CC(=O)OC. The highest BCUT2D eigenvalue weighted by Crippen LogP contribution is 2.13. The van der Waals surface area contributed by atoms with Crippen molar-refractivity contribution in [1.82, 2.24) is 20.2 Å². The molecule has 1 heterocycles. The Hall–Kier alpha value is -1.37. The van der Waals surface area contributed by atoms with Crippen molar-refractivity contribution in [3.8, 4) is 0 Å². The molecule has 0 aliphatic heterocycles. The predicted molar refractivity (Wildman–Crippen MR) is 55.4 cm³/mol. The van der Waals surface area contributed by atoms with Crippen molar-refractivity contribution in [3.05, 3.63) is 12.2 Å². The summed E-state index contributed by atoms with van der Waals surface area (Å²) >= 11 is 1.46. The minimum absolute atomic E-state index is 0.0433. The number of ether oxygens (including phenoxy) is 1. The molecule has 0 fully saturated rings. The Morgan fingerprint density at radius 3 is 3.13 bits per heavy atom. The van der Waals surface area contributed by atoms with Crippen molar-refractivity contribution < 1.29 is 9.53 Å². The largest absolute Gasteiger partial charge is 0.468 e. The molecule has 0 bridgehead atoms. The molecule has 0 saturated heterocycles. The Bertz CT molecular complexity index is 350. The van der Waals surface area contributed by atoms with E-state index in [1.165, 1.54) is 23.6 Å². The Kier molecular flexibility index (Phi) is 4.82. The first-order valence-corrected chi connectivity index (χ1v) is 5.33. The van der Waals surface area contributed by atoms with Crippen molar-refractivity contribution in [2.75, 3.05) is 12.9 Å².